The Balaban J connectivity index is 1.80. The van der Waals surface area contributed by atoms with Crippen molar-refractivity contribution in [3.8, 4) is 0 Å². The Labute approximate surface area is 168 Å². The van der Waals surface area contributed by atoms with Crippen molar-refractivity contribution in [2.45, 2.75) is 22.0 Å². The van der Waals surface area contributed by atoms with Gasteiger partial charge in [-0.1, -0.05) is 62.2 Å². The molecule has 2 heterocycles. The molecular weight excluding hydrogens is 492 g/mol. The molecule has 0 radical (unpaired) electrons. The van der Waals surface area contributed by atoms with Crippen LogP contribution >= 0.6 is 31.9 Å². The van der Waals surface area contributed by atoms with Gasteiger partial charge in [0.1, 0.15) is 21.3 Å². The summed E-state index contributed by atoms with van der Waals surface area (Å²) in [5.41, 5.74) is 0.922. The number of benzene rings is 1. The summed E-state index contributed by atoms with van der Waals surface area (Å²) >= 11 is 6.43. The number of carbonyl (C=O) groups excluding carboxylic acids is 2. The summed E-state index contributed by atoms with van der Waals surface area (Å²) in [6.07, 6.45) is 0.0794. The Morgan fingerprint density at radius 3 is 2.50 bits per heavy atom. The quantitative estimate of drug-likeness (QED) is 0.460. The highest BCUT2D eigenvalue weighted by molar-refractivity contribution is 9.11. The molecular formula is C16H14Br2N2O5S. The number of carbonyl (C=O) groups is 3. The third-order valence-electron chi connectivity index (χ3n) is 4.17. The Morgan fingerprint density at radius 2 is 1.92 bits per heavy atom. The van der Waals surface area contributed by atoms with Crippen LogP contribution in [-0.4, -0.2) is 52.9 Å². The van der Waals surface area contributed by atoms with Crippen LogP contribution in [0.4, 0.5) is 0 Å². The Kier molecular flexibility index (Phi) is 5.64. The van der Waals surface area contributed by atoms with Crippen molar-refractivity contribution in [3.63, 3.8) is 0 Å². The van der Waals surface area contributed by atoms with Gasteiger partial charge in [-0.3, -0.25) is 18.7 Å². The number of hydrogen-bond donors (Lipinski definition) is 2. The number of alkyl halides is 2. The number of aliphatic carboxylic acids is 1. The highest BCUT2D eigenvalue weighted by Crippen LogP contribution is 2.40. The lowest BCUT2D eigenvalue weighted by atomic mass is 10.0. The summed E-state index contributed by atoms with van der Waals surface area (Å²) in [6, 6.07) is 8.01. The normalized spacial score (nSPS) is 27.6. The molecule has 3 rings (SSSR count). The van der Waals surface area contributed by atoms with Gasteiger partial charge in [-0.25, -0.2) is 4.79 Å². The number of amides is 2. The predicted octanol–water partition coefficient (Wildman–Crippen LogP) is 1.10. The van der Waals surface area contributed by atoms with Gasteiger partial charge in [0.2, 0.25) is 5.91 Å². The molecule has 1 aromatic rings. The van der Waals surface area contributed by atoms with Crippen molar-refractivity contribution in [1.29, 1.82) is 0 Å². The van der Waals surface area contributed by atoms with E-state index in [0.29, 0.717) is 5.57 Å². The molecule has 10 heteroatoms. The number of nitrogens with zero attached hydrogens (tertiary/aromatic N) is 1. The Hall–Kier alpha value is -1.52. The van der Waals surface area contributed by atoms with Crippen molar-refractivity contribution < 1.29 is 23.7 Å². The van der Waals surface area contributed by atoms with Crippen LogP contribution in [0, 0.1) is 0 Å². The van der Waals surface area contributed by atoms with Gasteiger partial charge < -0.3 is 10.4 Å². The van der Waals surface area contributed by atoms with E-state index in [1.54, 1.807) is 24.3 Å². The van der Waals surface area contributed by atoms with Crippen molar-refractivity contribution in [2.75, 3.05) is 5.33 Å². The third-order valence-corrected chi connectivity index (χ3v) is 8.09. The molecule has 2 amide bonds. The van der Waals surface area contributed by atoms with Gasteiger partial charge in [0.05, 0.1) is 17.2 Å². The van der Waals surface area contributed by atoms with Crippen molar-refractivity contribution in [2.24, 2.45) is 0 Å². The topological polar surface area (TPSA) is 104 Å². The van der Waals surface area contributed by atoms with Crippen LogP contribution in [0.2, 0.25) is 0 Å². The average molecular weight is 506 g/mol. The number of β-lactam (4-membered cyclic amide) rings is 1. The van der Waals surface area contributed by atoms with Crippen LogP contribution in [0.3, 0.4) is 0 Å². The summed E-state index contributed by atoms with van der Waals surface area (Å²) in [4.78, 5) is 37.3. The molecule has 0 aliphatic carbocycles. The minimum absolute atomic E-state index is 0.0794. The molecule has 26 heavy (non-hydrogen) atoms. The Bertz CT molecular complexity index is 829. The fraction of sp³-hybridized carbons (Fsp3) is 0.312. The second kappa shape index (κ2) is 7.61. The number of carboxylic acids is 1. The fourth-order valence-corrected chi connectivity index (χ4v) is 6.84. The van der Waals surface area contributed by atoms with Gasteiger partial charge in [0, 0.05) is 5.33 Å². The molecule has 2 N–H and O–H groups in total. The van der Waals surface area contributed by atoms with Crippen LogP contribution in [0.25, 0.3) is 0 Å². The van der Waals surface area contributed by atoms with Crippen molar-refractivity contribution in [3.05, 3.63) is 47.2 Å². The first-order valence-electron chi connectivity index (χ1n) is 7.59. The molecule has 3 unspecified atom stereocenters. The maximum absolute atomic E-state index is 12.7. The molecule has 1 aromatic carbocycles. The molecule has 4 atom stereocenters. The van der Waals surface area contributed by atoms with Gasteiger partial charge in [-0.05, 0) is 11.1 Å². The summed E-state index contributed by atoms with van der Waals surface area (Å²) in [5.74, 6) is -2.22. The standard InChI is InChI=1S/C16H14Br2N2O5S/c17-7-9-12(16(23)24)20-14(22)11(15(20)26(25)13(9)18)19-10(21)6-8-4-2-1-3-5-8/h1-5,11,13,15H,6-7H2,(H,19,21)(H,23,24)/t11?,13?,15-,26?/m1/s1. The minimum atomic E-state index is -1.60. The zero-order valence-corrected chi connectivity index (χ0v) is 17.2. The van der Waals surface area contributed by atoms with E-state index in [1.807, 2.05) is 6.07 Å². The van der Waals surface area contributed by atoms with Crippen LogP contribution in [-0.2, 0) is 31.6 Å². The van der Waals surface area contributed by atoms with E-state index in [9.17, 15) is 23.7 Å². The molecule has 0 bridgehead atoms. The van der Waals surface area contributed by atoms with Crippen LogP contribution in [0.5, 0.6) is 0 Å². The number of carboxylic acid groups (broad SMARTS) is 1. The van der Waals surface area contributed by atoms with Gasteiger partial charge in [0.15, 0.2) is 0 Å². The van der Waals surface area contributed by atoms with E-state index in [4.69, 9.17) is 0 Å². The third kappa shape index (κ3) is 3.25. The van der Waals surface area contributed by atoms with Gasteiger partial charge in [-0.2, -0.15) is 0 Å². The van der Waals surface area contributed by atoms with Crippen LogP contribution in [0.1, 0.15) is 5.56 Å². The van der Waals surface area contributed by atoms with Gasteiger partial charge in [-0.15, -0.1) is 0 Å². The summed E-state index contributed by atoms with van der Waals surface area (Å²) in [5, 5.41) is 11.3. The minimum Gasteiger partial charge on any atom is -0.477 e. The van der Waals surface area contributed by atoms with E-state index in [1.165, 1.54) is 0 Å². The molecule has 7 nitrogen and oxygen atoms in total. The fourth-order valence-electron chi connectivity index (χ4n) is 2.97. The first-order chi connectivity index (χ1) is 12.4. The molecule has 2 aliphatic heterocycles. The van der Waals surface area contributed by atoms with Gasteiger partial charge in [0.25, 0.3) is 5.91 Å². The lowest BCUT2D eigenvalue weighted by Gasteiger charge is -2.50. The average Bonchev–Trinajstić information content (AvgIpc) is 2.62. The number of halogens is 2. The van der Waals surface area contributed by atoms with Crippen molar-refractivity contribution >= 4 is 60.4 Å². The summed E-state index contributed by atoms with van der Waals surface area (Å²) < 4.78 is 12.0. The largest absolute Gasteiger partial charge is 0.477 e. The second-order valence-electron chi connectivity index (χ2n) is 5.76. The molecule has 138 valence electrons. The molecule has 1 saturated heterocycles. The monoisotopic (exact) mass is 504 g/mol. The molecule has 0 saturated carbocycles. The summed E-state index contributed by atoms with van der Waals surface area (Å²) in [6.45, 7) is 0. The maximum Gasteiger partial charge on any atom is 0.352 e. The first kappa shape index (κ1) is 19.2. The maximum atomic E-state index is 12.7. The van der Waals surface area contributed by atoms with E-state index in [0.717, 1.165) is 10.5 Å². The van der Waals surface area contributed by atoms with E-state index in [-0.39, 0.29) is 23.4 Å². The summed E-state index contributed by atoms with van der Waals surface area (Å²) in [7, 11) is -1.60. The lowest BCUT2D eigenvalue weighted by molar-refractivity contribution is -0.150. The number of fused-ring (bicyclic) bond motifs is 1. The van der Waals surface area contributed by atoms with Gasteiger partial charge >= 0.3 is 5.97 Å². The van der Waals surface area contributed by atoms with Crippen LogP contribution < -0.4 is 5.32 Å². The van der Waals surface area contributed by atoms with E-state index >= 15 is 0 Å². The highest BCUT2D eigenvalue weighted by atomic mass is 79.9. The predicted molar refractivity (Wildman–Crippen MR) is 102 cm³/mol. The second-order valence-corrected chi connectivity index (χ2v) is 9.46. The zero-order chi connectivity index (χ0) is 19.0. The van der Waals surface area contributed by atoms with E-state index in [2.05, 4.69) is 37.2 Å². The first-order valence-corrected chi connectivity index (χ1v) is 10.9. The smallest absolute Gasteiger partial charge is 0.352 e. The van der Waals surface area contributed by atoms with E-state index < -0.39 is 38.3 Å². The molecule has 0 aromatic heterocycles. The molecule has 0 spiro atoms. The Morgan fingerprint density at radius 1 is 1.27 bits per heavy atom. The number of hydrogen-bond acceptors (Lipinski definition) is 4. The molecule has 2 aliphatic rings. The number of rotatable bonds is 5. The zero-order valence-electron chi connectivity index (χ0n) is 13.2. The highest BCUT2D eigenvalue weighted by Gasteiger charge is 2.59. The lowest BCUT2D eigenvalue weighted by Crippen LogP contribution is -2.74. The molecule has 1 fully saturated rings. The van der Waals surface area contributed by atoms with Crippen LogP contribution in [0.15, 0.2) is 41.6 Å². The SMILES string of the molecule is O=C(Cc1ccccc1)NC1C(=O)N2C(C(=O)O)=C(CBr)C(Br)S(=O)[C@H]12. The number of nitrogens with one attached hydrogen (secondary N) is 1. The van der Waals surface area contributed by atoms with Crippen molar-refractivity contribution in [1.82, 2.24) is 10.2 Å².